The maximum absolute atomic E-state index is 14.0. The quantitative estimate of drug-likeness (QED) is 0.939. The van der Waals surface area contributed by atoms with Gasteiger partial charge in [0.1, 0.15) is 0 Å². The summed E-state index contributed by atoms with van der Waals surface area (Å²) in [5.41, 5.74) is 0.883. The zero-order chi connectivity index (χ0) is 17.1. The van der Waals surface area contributed by atoms with Gasteiger partial charge in [0.25, 0.3) is 5.91 Å². The van der Waals surface area contributed by atoms with Crippen LogP contribution in [0.25, 0.3) is 11.1 Å². The molecule has 2 aromatic rings. The molecule has 0 unspecified atom stereocenters. The van der Waals surface area contributed by atoms with Crippen LogP contribution in [-0.4, -0.2) is 48.3 Å². The lowest BCUT2D eigenvalue weighted by Crippen LogP contribution is -2.50. The van der Waals surface area contributed by atoms with E-state index in [1.807, 2.05) is 0 Å². The number of aliphatic hydroxyl groups excluding tert-OH is 1. The lowest BCUT2D eigenvalue weighted by molar-refractivity contribution is -0.0183. The number of rotatable bonds is 3. The molecule has 1 atom stereocenters. The van der Waals surface area contributed by atoms with Crippen LogP contribution in [0.2, 0.25) is 0 Å². The molecule has 6 heteroatoms. The van der Waals surface area contributed by atoms with Crippen LogP contribution in [0.15, 0.2) is 42.5 Å². The van der Waals surface area contributed by atoms with Gasteiger partial charge in [-0.2, -0.15) is 0 Å². The number of hydrogen-bond acceptors (Lipinski definition) is 3. The van der Waals surface area contributed by atoms with Gasteiger partial charge in [-0.3, -0.25) is 4.79 Å². The van der Waals surface area contributed by atoms with Crippen molar-refractivity contribution in [1.82, 2.24) is 4.90 Å². The molecule has 0 aromatic heterocycles. The second kappa shape index (κ2) is 7.07. The second-order valence-electron chi connectivity index (χ2n) is 5.59. The van der Waals surface area contributed by atoms with Gasteiger partial charge in [-0.25, -0.2) is 8.78 Å². The fourth-order valence-corrected chi connectivity index (χ4v) is 2.79. The van der Waals surface area contributed by atoms with Crippen LogP contribution in [0.4, 0.5) is 8.78 Å². The van der Waals surface area contributed by atoms with Gasteiger partial charge in [0.05, 0.1) is 25.9 Å². The third kappa shape index (κ3) is 3.16. The predicted molar refractivity (Wildman–Crippen MR) is 84.5 cm³/mol. The molecular weight excluding hydrogens is 316 g/mol. The first kappa shape index (κ1) is 16.5. The number of carbonyl (C=O) groups excluding carboxylic acids is 1. The maximum atomic E-state index is 14.0. The lowest BCUT2D eigenvalue weighted by Gasteiger charge is -2.34. The number of carbonyl (C=O) groups is 1. The summed E-state index contributed by atoms with van der Waals surface area (Å²) in [5, 5.41) is 9.39. The first-order valence-corrected chi connectivity index (χ1v) is 7.66. The standard InChI is InChI=1S/C18H17F2NO3/c19-16-6-2-5-15(17(16)20)12-3-1-4-13(9-12)18(23)21-7-8-24-11-14(21)10-22/h1-6,9,14,22H,7-8,10-11H2/t14-/m1/s1. The summed E-state index contributed by atoms with van der Waals surface area (Å²) in [6.07, 6.45) is 0. The number of morpholine rings is 1. The Morgan fingerprint density at radius 2 is 2.04 bits per heavy atom. The van der Waals surface area contributed by atoms with Crippen molar-refractivity contribution in [2.24, 2.45) is 0 Å². The number of hydrogen-bond donors (Lipinski definition) is 1. The highest BCUT2D eigenvalue weighted by Crippen LogP contribution is 2.26. The molecule has 0 spiro atoms. The Balaban J connectivity index is 1.93. The smallest absolute Gasteiger partial charge is 0.254 e. The molecule has 1 amide bonds. The highest BCUT2D eigenvalue weighted by molar-refractivity contribution is 5.95. The molecular formula is C18H17F2NO3. The molecule has 3 rings (SSSR count). The van der Waals surface area contributed by atoms with E-state index in [9.17, 15) is 18.7 Å². The minimum absolute atomic E-state index is 0.102. The van der Waals surface area contributed by atoms with Gasteiger partial charge in [-0.05, 0) is 23.8 Å². The number of amides is 1. The van der Waals surface area contributed by atoms with Crippen molar-refractivity contribution in [2.75, 3.05) is 26.4 Å². The van der Waals surface area contributed by atoms with E-state index in [1.165, 1.54) is 18.2 Å². The van der Waals surface area contributed by atoms with E-state index in [2.05, 4.69) is 0 Å². The fraction of sp³-hybridized carbons (Fsp3) is 0.278. The third-order valence-electron chi connectivity index (χ3n) is 4.07. The van der Waals surface area contributed by atoms with Crippen molar-refractivity contribution in [3.05, 3.63) is 59.7 Å². The van der Waals surface area contributed by atoms with Gasteiger partial charge in [-0.15, -0.1) is 0 Å². The normalized spacial score (nSPS) is 17.8. The molecule has 1 aliphatic rings. The van der Waals surface area contributed by atoms with Crippen LogP contribution in [-0.2, 0) is 4.74 Å². The van der Waals surface area contributed by atoms with E-state index < -0.39 is 17.7 Å². The van der Waals surface area contributed by atoms with E-state index in [0.717, 1.165) is 6.07 Å². The van der Waals surface area contributed by atoms with Crippen LogP contribution >= 0.6 is 0 Å². The Morgan fingerprint density at radius 1 is 1.25 bits per heavy atom. The van der Waals surface area contributed by atoms with Crippen LogP contribution in [0, 0.1) is 11.6 Å². The molecule has 1 saturated heterocycles. The average Bonchev–Trinajstić information content (AvgIpc) is 2.63. The molecule has 1 aliphatic heterocycles. The number of nitrogens with zero attached hydrogens (tertiary/aromatic N) is 1. The summed E-state index contributed by atoms with van der Waals surface area (Å²) in [5.74, 6) is -2.14. The third-order valence-corrected chi connectivity index (χ3v) is 4.07. The van der Waals surface area contributed by atoms with Gasteiger partial charge in [0, 0.05) is 17.7 Å². The van der Waals surface area contributed by atoms with Gasteiger partial charge in [-0.1, -0.05) is 24.3 Å². The van der Waals surface area contributed by atoms with E-state index in [0.29, 0.717) is 24.3 Å². The first-order valence-electron chi connectivity index (χ1n) is 7.66. The topological polar surface area (TPSA) is 49.8 Å². The monoisotopic (exact) mass is 333 g/mol. The van der Waals surface area contributed by atoms with Crippen molar-refractivity contribution >= 4 is 5.91 Å². The van der Waals surface area contributed by atoms with Gasteiger partial charge in [0.2, 0.25) is 0 Å². The number of benzene rings is 2. The molecule has 24 heavy (non-hydrogen) atoms. The van der Waals surface area contributed by atoms with E-state index in [-0.39, 0.29) is 24.7 Å². The molecule has 0 bridgehead atoms. The Morgan fingerprint density at radius 3 is 2.83 bits per heavy atom. The van der Waals surface area contributed by atoms with Gasteiger partial charge < -0.3 is 14.7 Å². The molecule has 2 aromatic carbocycles. The molecule has 1 N–H and O–H groups in total. The van der Waals surface area contributed by atoms with Crippen LogP contribution in [0.1, 0.15) is 10.4 Å². The van der Waals surface area contributed by atoms with Crippen molar-refractivity contribution in [3.8, 4) is 11.1 Å². The molecule has 1 fully saturated rings. The number of halogens is 2. The summed E-state index contributed by atoms with van der Waals surface area (Å²) < 4.78 is 32.7. The zero-order valence-corrected chi connectivity index (χ0v) is 12.9. The van der Waals surface area contributed by atoms with Crippen LogP contribution in [0.3, 0.4) is 0 Å². The SMILES string of the molecule is O=C(c1cccc(-c2cccc(F)c2F)c1)N1CCOC[C@H]1CO. The Labute approximate surface area is 138 Å². The zero-order valence-electron chi connectivity index (χ0n) is 12.9. The summed E-state index contributed by atoms with van der Waals surface area (Å²) >= 11 is 0. The molecule has 1 heterocycles. The van der Waals surface area contributed by atoms with Crippen molar-refractivity contribution < 1.29 is 23.4 Å². The van der Waals surface area contributed by atoms with Gasteiger partial charge >= 0.3 is 0 Å². The predicted octanol–water partition coefficient (Wildman–Crippen LogP) is 2.47. The minimum atomic E-state index is -0.943. The fourth-order valence-electron chi connectivity index (χ4n) is 2.79. The Bertz CT molecular complexity index is 751. The first-order chi connectivity index (χ1) is 11.6. The van der Waals surface area contributed by atoms with E-state index in [4.69, 9.17) is 4.74 Å². The Kier molecular flexibility index (Phi) is 4.87. The minimum Gasteiger partial charge on any atom is -0.394 e. The molecule has 0 saturated carbocycles. The van der Waals surface area contributed by atoms with Crippen LogP contribution in [0.5, 0.6) is 0 Å². The van der Waals surface area contributed by atoms with Gasteiger partial charge in [0.15, 0.2) is 11.6 Å². The lowest BCUT2D eigenvalue weighted by atomic mass is 10.0. The molecule has 4 nitrogen and oxygen atoms in total. The highest BCUT2D eigenvalue weighted by Gasteiger charge is 2.27. The summed E-state index contributed by atoms with van der Waals surface area (Å²) in [6.45, 7) is 0.869. The van der Waals surface area contributed by atoms with Crippen LogP contribution < -0.4 is 0 Å². The second-order valence-corrected chi connectivity index (χ2v) is 5.59. The molecule has 0 aliphatic carbocycles. The Hall–Kier alpha value is -2.31. The van der Waals surface area contributed by atoms with Crippen molar-refractivity contribution in [3.63, 3.8) is 0 Å². The highest BCUT2D eigenvalue weighted by atomic mass is 19.2. The molecule has 0 radical (unpaired) electrons. The summed E-state index contributed by atoms with van der Waals surface area (Å²) in [6, 6.07) is 9.93. The summed E-state index contributed by atoms with van der Waals surface area (Å²) in [4.78, 5) is 14.2. The molecule has 126 valence electrons. The van der Waals surface area contributed by atoms with E-state index >= 15 is 0 Å². The number of aliphatic hydroxyl groups is 1. The van der Waals surface area contributed by atoms with E-state index in [1.54, 1.807) is 23.1 Å². The largest absolute Gasteiger partial charge is 0.394 e. The maximum Gasteiger partial charge on any atom is 0.254 e. The van der Waals surface area contributed by atoms with Crippen molar-refractivity contribution in [1.29, 1.82) is 0 Å². The van der Waals surface area contributed by atoms with Crippen molar-refractivity contribution in [2.45, 2.75) is 6.04 Å². The summed E-state index contributed by atoms with van der Waals surface area (Å²) in [7, 11) is 0. The number of ether oxygens (including phenoxy) is 1. The average molecular weight is 333 g/mol.